The van der Waals surface area contributed by atoms with Gasteiger partial charge >= 0.3 is 12.0 Å². The van der Waals surface area contributed by atoms with Gasteiger partial charge in [-0.05, 0) is 13.8 Å². The van der Waals surface area contributed by atoms with Crippen molar-refractivity contribution in [1.29, 1.82) is 0 Å². The zero-order valence-electron chi connectivity index (χ0n) is 9.67. The zero-order chi connectivity index (χ0) is 13.6. The maximum Gasteiger partial charge on any atom is 0.321 e. The fourth-order valence-corrected chi connectivity index (χ4v) is 1.01. The number of rotatable bonds is 5. The first-order chi connectivity index (χ1) is 7.65. The molecule has 0 unspecified atom stereocenters. The molecule has 0 aliphatic carbocycles. The van der Waals surface area contributed by atoms with Crippen LogP contribution in [-0.4, -0.2) is 29.6 Å². The molecule has 0 aromatic rings. The van der Waals surface area contributed by atoms with Crippen LogP contribution in [0.25, 0.3) is 0 Å². The Morgan fingerprint density at radius 1 is 1.35 bits per heavy atom. The molecule has 3 N–H and O–H groups in total. The largest absolute Gasteiger partial charge is 0.481 e. The van der Waals surface area contributed by atoms with E-state index in [1.807, 2.05) is 5.32 Å². The van der Waals surface area contributed by atoms with Crippen LogP contribution in [0, 0.1) is 5.41 Å². The molecular weight excluding hydrogens is 292 g/mol. The Morgan fingerprint density at radius 2 is 1.88 bits per heavy atom. The summed E-state index contributed by atoms with van der Waals surface area (Å²) in [6.07, 6.45) is -0.273. The summed E-state index contributed by atoms with van der Waals surface area (Å²) in [6.45, 7) is 6.50. The van der Waals surface area contributed by atoms with Crippen LogP contribution < -0.4 is 10.6 Å². The highest BCUT2D eigenvalue weighted by atomic mass is 79.9. The molecule has 0 rings (SSSR count). The van der Waals surface area contributed by atoms with Crippen molar-refractivity contribution in [2.75, 3.05) is 6.54 Å². The molecule has 0 aliphatic rings. The van der Waals surface area contributed by atoms with E-state index in [1.54, 1.807) is 0 Å². The maximum atomic E-state index is 11.3. The molecule has 0 bridgehead atoms. The predicted molar refractivity (Wildman–Crippen MR) is 65.6 cm³/mol. The second kappa shape index (κ2) is 6.39. The highest BCUT2D eigenvalue weighted by Gasteiger charge is 2.30. The summed E-state index contributed by atoms with van der Waals surface area (Å²) in [7, 11) is 0. The Morgan fingerprint density at radius 3 is 2.29 bits per heavy atom. The van der Waals surface area contributed by atoms with Gasteiger partial charge in [-0.1, -0.05) is 22.5 Å². The lowest BCUT2D eigenvalue weighted by atomic mass is 9.89. The lowest BCUT2D eigenvalue weighted by molar-refractivity contribution is -0.149. The lowest BCUT2D eigenvalue weighted by Gasteiger charge is -2.17. The lowest BCUT2D eigenvalue weighted by Crippen LogP contribution is -2.42. The quantitative estimate of drug-likeness (QED) is 0.711. The van der Waals surface area contributed by atoms with Crippen LogP contribution in [0.3, 0.4) is 0 Å². The molecule has 0 atom stereocenters. The third kappa shape index (κ3) is 6.72. The predicted octanol–water partition coefficient (Wildman–Crippen LogP) is 1.22. The summed E-state index contributed by atoms with van der Waals surface area (Å²) in [6, 6.07) is -0.684. The van der Waals surface area contributed by atoms with E-state index in [0.717, 1.165) is 0 Å². The fourth-order valence-electron chi connectivity index (χ4n) is 0.868. The van der Waals surface area contributed by atoms with Gasteiger partial charge in [0, 0.05) is 10.9 Å². The minimum Gasteiger partial charge on any atom is -0.481 e. The monoisotopic (exact) mass is 306 g/mol. The second-order valence-electron chi connectivity index (χ2n) is 4.11. The smallest absolute Gasteiger partial charge is 0.321 e. The van der Waals surface area contributed by atoms with E-state index >= 15 is 0 Å². The molecule has 7 heteroatoms. The van der Waals surface area contributed by atoms with Crippen molar-refractivity contribution in [3.05, 3.63) is 11.1 Å². The topological polar surface area (TPSA) is 95.5 Å². The SMILES string of the molecule is C=C(Br)CNC(=O)NC(=O)CC(C)(C)C(=O)O. The van der Waals surface area contributed by atoms with Crippen LogP contribution >= 0.6 is 15.9 Å². The van der Waals surface area contributed by atoms with E-state index < -0.39 is 23.3 Å². The van der Waals surface area contributed by atoms with Crippen molar-refractivity contribution in [3.8, 4) is 0 Å². The standard InChI is InChI=1S/C10H15BrN2O4/c1-6(11)5-12-9(17)13-7(14)4-10(2,3)8(15)16/h1,4-5H2,2-3H3,(H,15,16)(H2,12,13,14,17). The molecule has 6 nitrogen and oxygen atoms in total. The third-order valence-corrected chi connectivity index (χ3v) is 2.16. The van der Waals surface area contributed by atoms with Crippen LogP contribution in [0.4, 0.5) is 4.79 Å². The van der Waals surface area contributed by atoms with Gasteiger partial charge in [-0.15, -0.1) is 0 Å². The summed E-state index contributed by atoms with van der Waals surface area (Å²) in [5.74, 6) is -1.74. The molecule has 3 amide bonds. The number of carbonyl (C=O) groups is 3. The number of imide groups is 1. The first-order valence-corrected chi connectivity index (χ1v) is 5.59. The van der Waals surface area contributed by atoms with Crippen molar-refractivity contribution in [1.82, 2.24) is 10.6 Å². The van der Waals surface area contributed by atoms with E-state index in [4.69, 9.17) is 5.11 Å². The molecule has 0 saturated heterocycles. The van der Waals surface area contributed by atoms with Gasteiger partial charge in [0.05, 0.1) is 12.0 Å². The average molecular weight is 307 g/mol. The Bertz CT molecular complexity index is 352. The molecular formula is C10H15BrN2O4. The Hall–Kier alpha value is -1.37. The van der Waals surface area contributed by atoms with Crippen molar-refractivity contribution in [3.63, 3.8) is 0 Å². The number of carboxylic acid groups (broad SMARTS) is 1. The summed E-state index contributed by atoms with van der Waals surface area (Å²) < 4.78 is 0.561. The highest BCUT2D eigenvalue weighted by molar-refractivity contribution is 9.11. The molecule has 17 heavy (non-hydrogen) atoms. The molecule has 0 heterocycles. The number of nitrogens with one attached hydrogen (secondary N) is 2. The summed E-state index contributed by atoms with van der Waals surface area (Å²) in [5.41, 5.74) is -1.20. The van der Waals surface area contributed by atoms with E-state index in [2.05, 4.69) is 27.8 Å². The van der Waals surface area contributed by atoms with Crippen LogP contribution in [-0.2, 0) is 9.59 Å². The number of amides is 3. The third-order valence-electron chi connectivity index (χ3n) is 1.88. The van der Waals surface area contributed by atoms with Gasteiger partial charge < -0.3 is 10.4 Å². The number of aliphatic carboxylic acids is 1. The Balaban J connectivity index is 4.15. The number of halogens is 1. The zero-order valence-corrected chi connectivity index (χ0v) is 11.3. The van der Waals surface area contributed by atoms with Crippen LogP contribution in [0.1, 0.15) is 20.3 Å². The van der Waals surface area contributed by atoms with E-state index in [0.29, 0.717) is 4.48 Å². The van der Waals surface area contributed by atoms with E-state index in [-0.39, 0.29) is 13.0 Å². The molecule has 0 aliphatic heterocycles. The van der Waals surface area contributed by atoms with Crippen LogP contribution in [0.15, 0.2) is 11.1 Å². The molecule has 0 fully saturated rings. The second-order valence-corrected chi connectivity index (χ2v) is 5.24. The molecule has 0 spiro atoms. The van der Waals surface area contributed by atoms with Crippen molar-refractivity contribution in [2.24, 2.45) is 5.41 Å². The molecule has 0 saturated carbocycles. The molecule has 0 aromatic carbocycles. The van der Waals surface area contributed by atoms with Gasteiger partial charge in [0.25, 0.3) is 0 Å². The fraction of sp³-hybridized carbons (Fsp3) is 0.500. The minimum atomic E-state index is -1.20. The Kier molecular flexibility index (Phi) is 5.87. The van der Waals surface area contributed by atoms with Gasteiger partial charge in [-0.25, -0.2) is 4.79 Å². The van der Waals surface area contributed by atoms with Crippen molar-refractivity contribution in [2.45, 2.75) is 20.3 Å². The maximum absolute atomic E-state index is 11.3. The molecule has 0 radical (unpaired) electrons. The van der Waals surface area contributed by atoms with Gasteiger partial charge in [-0.2, -0.15) is 0 Å². The van der Waals surface area contributed by atoms with E-state index in [9.17, 15) is 14.4 Å². The van der Waals surface area contributed by atoms with Crippen LogP contribution in [0.2, 0.25) is 0 Å². The normalized spacial score (nSPS) is 10.5. The van der Waals surface area contributed by atoms with E-state index in [1.165, 1.54) is 13.8 Å². The molecule has 96 valence electrons. The first kappa shape index (κ1) is 15.6. The minimum absolute atomic E-state index is 0.182. The number of carbonyl (C=O) groups excluding carboxylic acids is 2. The number of hydrogen-bond acceptors (Lipinski definition) is 3. The van der Waals surface area contributed by atoms with Gasteiger partial charge in [0.15, 0.2) is 0 Å². The highest BCUT2D eigenvalue weighted by Crippen LogP contribution is 2.19. The first-order valence-electron chi connectivity index (χ1n) is 4.79. The number of urea groups is 1. The summed E-state index contributed by atoms with van der Waals surface area (Å²) in [5, 5.41) is 13.2. The van der Waals surface area contributed by atoms with Gasteiger partial charge in [-0.3, -0.25) is 14.9 Å². The van der Waals surface area contributed by atoms with Gasteiger partial charge in [0.1, 0.15) is 0 Å². The average Bonchev–Trinajstić information content (AvgIpc) is 2.13. The summed E-state index contributed by atoms with van der Waals surface area (Å²) in [4.78, 5) is 33.3. The van der Waals surface area contributed by atoms with Gasteiger partial charge in [0.2, 0.25) is 5.91 Å². The number of hydrogen-bond donors (Lipinski definition) is 3. The van der Waals surface area contributed by atoms with Crippen molar-refractivity contribution >= 4 is 33.8 Å². The number of carboxylic acids is 1. The van der Waals surface area contributed by atoms with Crippen LogP contribution in [0.5, 0.6) is 0 Å². The summed E-state index contributed by atoms with van der Waals surface area (Å²) >= 11 is 3.04. The van der Waals surface area contributed by atoms with Crippen molar-refractivity contribution < 1.29 is 19.5 Å². The Labute approximate surface area is 108 Å². The molecule has 0 aromatic heterocycles.